The summed E-state index contributed by atoms with van der Waals surface area (Å²) in [6, 6.07) is 8.39. The number of rotatable bonds is 10. The lowest BCUT2D eigenvalue weighted by atomic mass is 10.1. The van der Waals surface area contributed by atoms with Crippen molar-refractivity contribution in [3.63, 3.8) is 0 Å². The molecule has 0 spiro atoms. The summed E-state index contributed by atoms with van der Waals surface area (Å²) in [7, 11) is 1.90. The predicted octanol–water partition coefficient (Wildman–Crippen LogP) is 3.27. The zero-order valence-corrected chi connectivity index (χ0v) is 21.8. The molecule has 176 valence electrons. The summed E-state index contributed by atoms with van der Waals surface area (Å²) in [4.78, 5) is 20.8. The van der Waals surface area contributed by atoms with Crippen LogP contribution in [0.4, 0.5) is 0 Å². The SMILES string of the molecule is CCNC(=NCc1ccc(COC2CCOCC2)cc1)N(C)CC(=O)N(CC)CC.I. The number of amides is 1. The van der Waals surface area contributed by atoms with Crippen molar-refractivity contribution in [2.45, 2.75) is 52.9 Å². The first-order chi connectivity index (χ1) is 14.6. The Kier molecular flexibility index (Phi) is 13.7. The van der Waals surface area contributed by atoms with Gasteiger partial charge >= 0.3 is 0 Å². The predicted molar refractivity (Wildman–Crippen MR) is 136 cm³/mol. The highest BCUT2D eigenvalue weighted by molar-refractivity contribution is 14.0. The lowest BCUT2D eigenvalue weighted by Crippen LogP contribution is -2.45. The van der Waals surface area contributed by atoms with Gasteiger partial charge in [0.1, 0.15) is 0 Å². The van der Waals surface area contributed by atoms with E-state index in [2.05, 4.69) is 29.6 Å². The Morgan fingerprint density at radius 2 is 1.74 bits per heavy atom. The van der Waals surface area contributed by atoms with Crippen LogP contribution in [-0.4, -0.2) is 74.2 Å². The van der Waals surface area contributed by atoms with Crippen molar-refractivity contribution < 1.29 is 14.3 Å². The summed E-state index contributed by atoms with van der Waals surface area (Å²) in [5.41, 5.74) is 2.30. The van der Waals surface area contributed by atoms with Gasteiger partial charge in [-0.1, -0.05) is 24.3 Å². The Morgan fingerprint density at radius 3 is 2.32 bits per heavy atom. The van der Waals surface area contributed by atoms with Gasteiger partial charge in [-0.15, -0.1) is 24.0 Å². The van der Waals surface area contributed by atoms with E-state index in [4.69, 9.17) is 14.5 Å². The second kappa shape index (κ2) is 15.4. The number of benzene rings is 1. The molecule has 1 saturated heterocycles. The minimum absolute atomic E-state index is 0. The number of halogens is 1. The molecule has 0 atom stereocenters. The van der Waals surface area contributed by atoms with E-state index in [0.29, 0.717) is 25.8 Å². The third-order valence-electron chi connectivity index (χ3n) is 5.27. The average molecular weight is 546 g/mol. The van der Waals surface area contributed by atoms with E-state index in [1.165, 1.54) is 5.56 Å². The first kappa shape index (κ1) is 27.6. The van der Waals surface area contributed by atoms with Crippen LogP contribution in [0.5, 0.6) is 0 Å². The minimum atomic E-state index is 0. The number of carbonyl (C=O) groups excluding carboxylic acids is 1. The van der Waals surface area contributed by atoms with Gasteiger partial charge in [-0.2, -0.15) is 0 Å². The molecule has 0 aliphatic carbocycles. The highest BCUT2D eigenvalue weighted by Crippen LogP contribution is 2.14. The standard InChI is InChI=1S/C23H38N4O3.HI/c1-5-24-23(26(4)17-22(28)27(6-2)7-3)25-16-19-8-10-20(11-9-19)18-30-21-12-14-29-15-13-21;/h8-11,21H,5-7,12-18H2,1-4H3,(H,24,25);1H. The number of guanidine groups is 1. The first-order valence-electron chi connectivity index (χ1n) is 11.1. The van der Waals surface area contributed by atoms with Crippen LogP contribution in [0.25, 0.3) is 0 Å². The largest absolute Gasteiger partial charge is 0.381 e. The van der Waals surface area contributed by atoms with Crippen molar-refractivity contribution in [2.75, 3.05) is 46.4 Å². The fraction of sp³-hybridized carbons (Fsp3) is 0.652. The molecule has 1 amide bonds. The molecular formula is C23H39IN4O3. The summed E-state index contributed by atoms with van der Waals surface area (Å²) in [5.74, 6) is 0.854. The maximum atomic E-state index is 12.4. The molecule has 1 fully saturated rings. The van der Waals surface area contributed by atoms with Crippen LogP contribution in [-0.2, 0) is 27.4 Å². The second-order valence-corrected chi connectivity index (χ2v) is 7.53. The van der Waals surface area contributed by atoms with Gasteiger partial charge in [-0.25, -0.2) is 4.99 Å². The van der Waals surface area contributed by atoms with Crippen LogP contribution in [0.15, 0.2) is 29.3 Å². The third kappa shape index (κ3) is 9.74. The van der Waals surface area contributed by atoms with Gasteiger partial charge in [0.15, 0.2) is 5.96 Å². The van der Waals surface area contributed by atoms with Crippen molar-refractivity contribution in [1.82, 2.24) is 15.1 Å². The highest BCUT2D eigenvalue weighted by Gasteiger charge is 2.15. The normalized spacial score (nSPS) is 14.6. The molecule has 1 aromatic carbocycles. The van der Waals surface area contributed by atoms with Gasteiger partial charge in [-0.3, -0.25) is 4.79 Å². The molecule has 1 aromatic rings. The second-order valence-electron chi connectivity index (χ2n) is 7.53. The van der Waals surface area contributed by atoms with Gasteiger partial charge in [0, 0.05) is 39.9 Å². The Morgan fingerprint density at radius 1 is 1.13 bits per heavy atom. The summed E-state index contributed by atoms with van der Waals surface area (Å²) in [6.07, 6.45) is 2.26. The average Bonchev–Trinajstić information content (AvgIpc) is 2.77. The topological polar surface area (TPSA) is 66.4 Å². The van der Waals surface area contributed by atoms with Gasteiger partial charge in [0.05, 0.1) is 25.8 Å². The van der Waals surface area contributed by atoms with E-state index in [-0.39, 0.29) is 29.9 Å². The number of aliphatic imine (C=N–C) groups is 1. The Bertz CT molecular complexity index is 659. The number of nitrogens with one attached hydrogen (secondary N) is 1. The molecule has 0 unspecified atom stereocenters. The zero-order chi connectivity index (χ0) is 21.8. The van der Waals surface area contributed by atoms with E-state index in [1.807, 2.05) is 37.6 Å². The lowest BCUT2D eigenvalue weighted by Gasteiger charge is -2.25. The van der Waals surface area contributed by atoms with Gasteiger partial charge < -0.3 is 24.6 Å². The number of carbonyl (C=O) groups is 1. The fourth-order valence-electron chi connectivity index (χ4n) is 3.39. The number of ether oxygens (including phenoxy) is 2. The van der Waals surface area contributed by atoms with Gasteiger partial charge in [-0.05, 0) is 44.7 Å². The van der Waals surface area contributed by atoms with Crippen LogP contribution in [0.1, 0.15) is 44.7 Å². The number of hydrogen-bond donors (Lipinski definition) is 1. The fourth-order valence-corrected chi connectivity index (χ4v) is 3.39. The molecular weight excluding hydrogens is 507 g/mol. The van der Waals surface area contributed by atoms with Crippen LogP contribution in [0.3, 0.4) is 0 Å². The molecule has 0 radical (unpaired) electrons. The number of nitrogens with zero attached hydrogens (tertiary/aromatic N) is 3. The molecule has 1 aliphatic rings. The van der Waals surface area contributed by atoms with Crippen LogP contribution in [0.2, 0.25) is 0 Å². The zero-order valence-electron chi connectivity index (χ0n) is 19.4. The van der Waals surface area contributed by atoms with E-state index in [1.54, 1.807) is 0 Å². The Balaban J connectivity index is 0.00000480. The van der Waals surface area contributed by atoms with E-state index < -0.39 is 0 Å². The summed E-state index contributed by atoms with van der Waals surface area (Å²) in [5, 5.41) is 3.28. The maximum absolute atomic E-state index is 12.4. The van der Waals surface area contributed by atoms with E-state index >= 15 is 0 Å². The monoisotopic (exact) mass is 546 g/mol. The lowest BCUT2D eigenvalue weighted by molar-refractivity contribution is -0.131. The van der Waals surface area contributed by atoms with Crippen molar-refractivity contribution in [2.24, 2.45) is 4.99 Å². The maximum Gasteiger partial charge on any atom is 0.242 e. The summed E-state index contributed by atoms with van der Waals surface area (Å²) in [6.45, 7) is 11.3. The Hall–Kier alpha value is -1.39. The smallest absolute Gasteiger partial charge is 0.242 e. The third-order valence-corrected chi connectivity index (χ3v) is 5.27. The highest BCUT2D eigenvalue weighted by atomic mass is 127. The van der Waals surface area contributed by atoms with Crippen molar-refractivity contribution >= 4 is 35.8 Å². The van der Waals surface area contributed by atoms with E-state index in [0.717, 1.165) is 57.2 Å². The summed E-state index contributed by atoms with van der Waals surface area (Å²) >= 11 is 0. The first-order valence-corrected chi connectivity index (χ1v) is 11.1. The molecule has 1 heterocycles. The van der Waals surface area contributed by atoms with E-state index in [9.17, 15) is 4.79 Å². The molecule has 2 rings (SSSR count). The van der Waals surface area contributed by atoms with Crippen LogP contribution in [0, 0.1) is 0 Å². The molecule has 8 heteroatoms. The Labute approximate surface area is 204 Å². The molecule has 1 N–H and O–H groups in total. The van der Waals surface area contributed by atoms with Crippen molar-refractivity contribution in [3.8, 4) is 0 Å². The minimum Gasteiger partial charge on any atom is -0.381 e. The molecule has 7 nitrogen and oxygen atoms in total. The van der Waals surface area contributed by atoms with Crippen molar-refractivity contribution in [1.29, 1.82) is 0 Å². The molecule has 0 bridgehead atoms. The molecule has 31 heavy (non-hydrogen) atoms. The van der Waals surface area contributed by atoms with Gasteiger partial charge in [0.25, 0.3) is 0 Å². The van der Waals surface area contributed by atoms with Gasteiger partial charge in [0.2, 0.25) is 5.91 Å². The van der Waals surface area contributed by atoms with Crippen molar-refractivity contribution in [3.05, 3.63) is 35.4 Å². The van der Waals surface area contributed by atoms with Crippen LogP contribution >= 0.6 is 24.0 Å². The quantitative estimate of drug-likeness (QED) is 0.277. The van der Waals surface area contributed by atoms with Crippen LogP contribution < -0.4 is 5.32 Å². The molecule has 1 aliphatic heterocycles. The molecule has 0 aromatic heterocycles. The molecule has 0 saturated carbocycles. The number of likely N-dealkylation sites (N-methyl/N-ethyl adjacent to an activating group) is 2. The number of hydrogen-bond acceptors (Lipinski definition) is 4. The summed E-state index contributed by atoms with van der Waals surface area (Å²) < 4.78 is 11.4.